The van der Waals surface area contributed by atoms with E-state index in [9.17, 15) is 14.4 Å². The summed E-state index contributed by atoms with van der Waals surface area (Å²) >= 11 is 3.08. The fourth-order valence-electron chi connectivity index (χ4n) is 4.11. The number of hydrogen-bond acceptors (Lipinski definition) is 7. The number of amides is 2. The number of aliphatic carboxylic acids is 1. The maximum Gasteiger partial charge on any atom is 0.303 e. The Morgan fingerprint density at radius 1 is 0.463 bits per heavy atom. The lowest BCUT2D eigenvalue weighted by atomic mass is 10.0. The van der Waals surface area contributed by atoms with Gasteiger partial charge in [0, 0.05) is 25.9 Å². The summed E-state index contributed by atoms with van der Waals surface area (Å²) in [6.07, 6.45) is 17.4. The second kappa shape index (κ2) is 33.2. The lowest BCUT2D eigenvalue weighted by Crippen LogP contribution is -2.28. The number of ether oxygens (including phenoxy) is 4. The van der Waals surface area contributed by atoms with Gasteiger partial charge in [0.05, 0.1) is 58.2 Å². The summed E-state index contributed by atoms with van der Waals surface area (Å²) in [6.45, 7) is 4.84. The van der Waals surface area contributed by atoms with Crippen molar-refractivity contribution in [2.45, 2.75) is 103 Å². The first kappa shape index (κ1) is 39.7. The molecule has 0 aromatic carbocycles. The van der Waals surface area contributed by atoms with Crippen LogP contribution < -0.4 is 10.6 Å². The molecule has 41 heavy (non-hydrogen) atoms. The van der Waals surface area contributed by atoms with Crippen LogP contribution in [0.15, 0.2) is 0 Å². The Labute approximate surface area is 256 Å². The Hall–Kier alpha value is -1.27. The van der Waals surface area contributed by atoms with Gasteiger partial charge in [-0.1, -0.05) is 93.0 Å². The molecule has 3 N–H and O–H groups in total. The summed E-state index contributed by atoms with van der Waals surface area (Å²) in [7, 11) is 0. The molecule has 0 unspecified atom stereocenters. The molecular weight excluding hydrogens is 596 g/mol. The Morgan fingerprint density at radius 2 is 0.780 bits per heavy atom. The highest BCUT2D eigenvalue weighted by Gasteiger charge is 2.01. The van der Waals surface area contributed by atoms with Crippen LogP contribution in [0.1, 0.15) is 103 Å². The van der Waals surface area contributed by atoms with Crippen molar-refractivity contribution in [3.8, 4) is 0 Å². The van der Waals surface area contributed by atoms with E-state index in [1.165, 1.54) is 57.8 Å². The molecule has 0 atom stereocenters. The molecule has 10 nitrogen and oxygen atoms in total. The van der Waals surface area contributed by atoms with Crippen LogP contribution in [-0.2, 0) is 33.3 Å². The molecule has 0 aliphatic carbocycles. The summed E-state index contributed by atoms with van der Waals surface area (Å²) in [6, 6.07) is 0. The van der Waals surface area contributed by atoms with Gasteiger partial charge in [-0.15, -0.1) is 0 Å². The Morgan fingerprint density at radius 3 is 1.15 bits per heavy atom. The van der Waals surface area contributed by atoms with E-state index in [1.54, 1.807) is 0 Å². The van der Waals surface area contributed by atoms with Crippen molar-refractivity contribution in [2.24, 2.45) is 0 Å². The Kier molecular flexibility index (Phi) is 32.2. The smallest absolute Gasteiger partial charge is 0.303 e. The average molecular weight is 654 g/mol. The molecule has 0 saturated heterocycles. The third-order valence-electron chi connectivity index (χ3n) is 6.42. The molecule has 2 amide bonds. The van der Waals surface area contributed by atoms with Crippen molar-refractivity contribution in [2.75, 3.05) is 71.3 Å². The van der Waals surface area contributed by atoms with E-state index in [2.05, 4.69) is 26.6 Å². The van der Waals surface area contributed by atoms with Crippen LogP contribution in [0.25, 0.3) is 0 Å². The largest absolute Gasteiger partial charge is 0.481 e. The van der Waals surface area contributed by atoms with Gasteiger partial charge in [-0.3, -0.25) is 14.4 Å². The van der Waals surface area contributed by atoms with E-state index in [0.717, 1.165) is 32.1 Å². The van der Waals surface area contributed by atoms with Gasteiger partial charge < -0.3 is 34.7 Å². The van der Waals surface area contributed by atoms with Crippen molar-refractivity contribution >= 4 is 33.7 Å². The number of carbonyl (C=O) groups excluding carboxylic acids is 2. The maximum absolute atomic E-state index is 11.9. The first-order chi connectivity index (χ1) is 20.1. The summed E-state index contributed by atoms with van der Waals surface area (Å²) in [4.78, 5) is 33.4. The molecule has 242 valence electrons. The van der Waals surface area contributed by atoms with Gasteiger partial charge in [-0.2, -0.15) is 0 Å². The lowest BCUT2D eigenvalue weighted by Gasteiger charge is -2.08. The van der Waals surface area contributed by atoms with E-state index >= 15 is 0 Å². The highest BCUT2D eigenvalue weighted by atomic mass is 79.9. The Bertz CT molecular complexity index is 613. The zero-order chi connectivity index (χ0) is 30.1. The molecule has 0 saturated carbocycles. The molecule has 0 fully saturated rings. The van der Waals surface area contributed by atoms with Gasteiger partial charge in [0.25, 0.3) is 0 Å². The standard InChI is InChI=1S/C30H57BrN2O8/c31-27-29(35)33-18-20-39-22-24-41-26-25-40-23-21-38-19-17-32-28(34)15-13-11-9-7-5-3-1-2-4-6-8-10-12-14-16-30(36)37/h1-27H2,(H,32,34)(H,33,35)(H,36,37). The number of hydrogen-bond donors (Lipinski definition) is 3. The SMILES string of the molecule is O=C(O)CCCCCCCCCCCCCCCCC(=O)NCCOCCOCCOCCOCCNC(=O)CBr. The second-order valence-electron chi connectivity index (χ2n) is 10.1. The second-order valence-corrected chi connectivity index (χ2v) is 10.7. The van der Waals surface area contributed by atoms with Crippen molar-refractivity contribution in [1.29, 1.82) is 0 Å². The molecule has 0 aromatic rings. The normalized spacial score (nSPS) is 11.0. The number of nitrogens with one attached hydrogen (secondary N) is 2. The topological polar surface area (TPSA) is 132 Å². The van der Waals surface area contributed by atoms with Gasteiger partial charge in [0.1, 0.15) is 0 Å². The van der Waals surface area contributed by atoms with Crippen LogP contribution in [0.2, 0.25) is 0 Å². The van der Waals surface area contributed by atoms with Crippen molar-refractivity contribution in [1.82, 2.24) is 10.6 Å². The maximum atomic E-state index is 11.9. The minimum absolute atomic E-state index is 0.0569. The number of halogens is 1. The number of unbranched alkanes of at least 4 members (excludes halogenated alkanes) is 13. The number of alkyl halides is 1. The molecule has 0 bridgehead atoms. The summed E-state index contributed by atoms with van der Waals surface area (Å²) in [5.41, 5.74) is 0. The van der Waals surface area contributed by atoms with Gasteiger partial charge in [-0.05, 0) is 12.8 Å². The number of rotatable bonds is 33. The van der Waals surface area contributed by atoms with E-state index in [4.69, 9.17) is 24.1 Å². The monoisotopic (exact) mass is 652 g/mol. The van der Waals surface area contributed by atoms with Crippen LogP contribution in [0.5, 0.6) is 0 Å². The quantitative estimate of drug-likeness (QED) is 0.0666. The van der Waals surface area contributed by atoms with E-state index < -0.39 is 5.97 Å². The van der Waals surface area contributed by atoms with Gasteiger partial charge in [0.2, 0.25) is 11.8 Å². The molecule has 0 aliphatic rings. The highest BCUT2D eigenvalue weighted by molar-refractivity contribution is 9.09. The number of carboxylic acid groups (broad SMARTS) is 1. The van der Waals surface area contributed by atoms with Crippen LogP contribution in [0, 0.1) is 0 Å². The molecule has 0 aliphatic heterocycles. The van der Waals surface area contributed by atoms with E-state index in [0.29, 0.717) is 84.1 Å². The molecule has 11 heteroatoms. The average Bonchev–Trinajstić information content (AvgIpc) is 2.96. The first-order valence-electron chi connectivity index (χ1n) is 15.7. The zero-order valence-corrected chi connectivity index (χ0v) is 26.9. The van der Waals surface area contributed by atoms with Crippen LogP contribution in [-0.4, -0.2) is 94.2 Å². The van der Waals surface area contributed by atoms with Crippen molar-refractivity contribution in [3.05, 3.63) is 0 Å². The fourth-order valence-corrected chi connectivity index (χ4v) is 4.30. The van der Waals surface area contributed by atoms with E-state index in [1.807, 2.05) is 0 Å². The zero-order valence-electron chi connectivity index (χ0n) is 25.3. The summed E-state index contributed by atoms with van der Waals surface area (Å²) in [5.74, 6) is -0.646. The number of carbonyl (C=O) groups is 3. The number of carboxylic acids is 1. The van der Waals surface area contributed by atoms with Crippen molar-refractivity contribution in [3.63, 3.8) is 0 Å². The lowest BCUT2D eigenvalue weighted by molar-refractivity contribution is -0.137. The molecule has 0 aromatic heterocycles. The first-order valence-corrected chi connectivity index (χ1v) is 16.8. The van der Waals surface area contributed by atoms with Crippen LogP contribution in [0.3, 0.4) is 0 Å². The van der Waals surface area contributed by atoms with E-state index in [-0.39, 0.29) is 11.8 Å². The van der Waals surface area contributed by atoms with Crippen LogP contribution >= 0.6 is 15.9 Å². The molecule has 0 rings (SSSR count). The minimum atomic E-state index is -0.683. The molecule has 0 heterocycles. The summed E-state index contributed by atoms with van der Waals surface area (Å²) < 4.78 is 21.7. The fraction of sp³-hybridized carbons (Fsp3) is 0.900. The van der Waals surface area contributed by atoms with Crippen molar-refractivity contribution < 1.29 is 38.4 Å². The molecular formula is C30H57BrN2O8. The van der Waals surface area contributed by atoms with Crippen LogP contribution in [0.4, 0.5) is 0 Å². The highest BCUT2D eigenvalue weighted by Crippen LogP contribution is 2.13. The van der Waals surface area contributed by atoms with Gasteiger partial charge >= 0.3 is 5.97 Å². The predicted molar refractivity (Wildman–Crippen MR) is 165 cm³/mol. The Balaban J connectivity index is 3.17. The molecule has 0 radical (unpaired) electrons. The summed E-state index contributed by atoms with van der Waals surface area (Å²) in [5, 5.41) is 14.5. The third-order valence-corrected chi connectivity index (χ3v) is 6.93. The minimum Gasteiger partial charge on any atom is -0.481 e. The van der Waals surface area contributed by atoms with Gasteiger partial charge in [0.15, 0.2) is 0 Å². The predicted octanol–water partition coefficient (Wildman–Crippen LogP) is 5.01. The van der Waals surface area contributed by atoms with Gasteiger partial charge in [-0.25, -0.2) is 0 Å². The third kappa shape index (κ3) is 34.8. The molecule has 0 spiro atoms.